The average Bonchev–Trinajstić information content (AvgIpc) is 3.10. The molecule has 136 valence electrons. The lowest BCUT2D eigenvalue weighted by atomic mass is 9.97. The Kier molecular flexibility index (Phi) is 6.43. The van der Waals surface area contributed by atoms with Crippen LogP contribution >= 0.6 is 11.3 Å². The predicted molar refractivity (Wildman–Crippen MR) is 100.0 cm³/mol. The molecule has 0 spiro atoms. The van der Waals surface area contributed by atoms with E-state index >= 15 is 0 Å². The molecule has 2 aromatic heterocycles. The number of anilines is 1. The summed E-state index contributed by atoms with van der Waals surface area (Å²) >= 11 is 1.27. The van der Waals surface area contributed by atoms with Gasteiger partial charge >= 0.3 is 0 Å². The molecule has 0 saturated heterocycles. The zero-order chi connectivity index (χ0) is 18.2. The maximum absolute atomic E-state index is 12.0. The third kappa shape index (κ3) is 5.45. The summed E-state index contributed by atoms with van der Waals surface area (Å²) in [4.78, 5) is 36.1. The third-order valence-electron chi connectivity index (χ3n) is 4.04. The molecule has 3 rings (SSSR count). The lowest BCUT2D eigenvalue weighted by Gasteiger charge is -2.12. The number of hydrogen-bond donors (Lipinski definition) is 2. The van der Waals surface area contributed by atoms with Crippen LogP contribution in [0.4, 0.5) is 5.13 Å². The Balaban J connectivity index is 1.43. The van der Waals surface area contributed by atoms with E-state index in [4.69, 9.17) is 0 Å². The quantitative estimate of drug-likeness (QED) is 0.730. The largest absolute Gasteiger partial charge is 0.355 e. The van der Waals surface area contributed by atoms with Gasteiger partial charge in [-0.15, -0.1) is 11.3 Å². The van der Waals surface area contributed by atoms with Gasteiger partial charge in [0.25, 0.3) is 5.91 Å². The molecule has 0 atom stereocenters. The number of thiazole rings is 1. The van der Waals surface area contributed by atoms with Crippen LogP contribution in [0.1, 0.15) is 48.4 Å². The second-order valence-corrected chi connectivity index (χ2v) is 6.91. The zero-order valence-electron chi connectivity index (χ0n) is 14.4. The van der Waals surface area contributed by atoms with Gasteiger partial charge in [-0.05, 0) is 38.2 Å². The predicted octanol–water partition coefficient (Wildman–Crippen LogP) is 2.73. The summed E-state index contributed by atoms with van der Waals surface area (Å²) in [7, 11) is 0. The number of nitrogens with zero attached hydrogens (tertiary/aromatic N) is 3. The summed E-state index contributed by atoms with van der Waals surface area (Å²) in [5.74, 6) is -0.397. The molecule has 26 heavy (non-hydrogen) atoms. The van der Waals surface area contributed by atoms with Crippen LogP contribution in [0.2, 0.25) is 0 Å². The van der Waals surface area contributed by atoms with Crippen LogP contribution in [0, 0.1) is 0 Å². The van der Waals surface area contributed by atoms with Gasteiger partial charge in [0.15, 0.2) is 5.13 Å². The summed E-state index contributed by atoms with van der Waals surface area (Å²) in [6, 6.07) is 1.64. The second kappa shape index (κ2) is 9.19. The fourth-order valence-corrected chi connectivity index (χ4v) is 3.44. The molecule has 2 heterocycles. The highest BCUT2D eigenvalue weighted by Gasteiger charge is 2.13. The van der Waals surface area contributed by atoms with Gasteiger partial charge < -0.3 is 5.32 Å². The monoisotopic (exact) mass is 371 g/mol. The summed E-state index contributed by atoms with van der Waals surface area (Å²) in [6.45, 7) is 0.656. The Bertz CT molecular complexity index is 788. The number of carbonyl (C=O) groups excluding carboxylic acids is 2. The van der Waals surface area contributed by atoms with Crippen molar-refractivity contribution in [2.75, 3.05) is 11.9 Å². The number of hydrogen-bond acceptors (Lipinski definition) is 6. The Labute approximate surface area is 156 Å². The van der Waals surface area contributed by atoms with Gasteiger partial charge in [0.1, 0.15) is 0 Å². The lowest BCUT2D eigenvalue weighted by molar-refractivity contribution is -0.120. The van der Waals surface area contributed by atoms with Crippen LogP contribution < -0.4 is 10.6 Å². The zero-order valence-corrected chi connectivity index (χ0v) is 15.2. The molecular formula is C18H21N5O2S. The van der Waals surface area contributed by atoms with E-state index in [1.165, 1.54) is 42.1 Å². The molecule has 0 saturated carbocycles. The number of rotatable bonds is 7. The van der Waals surface area contributed by atoms with Crippen molar-refractivity contribution in [2.45, 2.75) is 38.5 Å². The van der Waals surface area contributed by atoms with Crippen molar-refractivity contribution in [3.05, 3.63) is 47.0 Å². The van der Waals surface area contributed by atoms with Crippen molar-refractivity contribution in [3.63, 3.8) is 0 Å². The maximum atomic E-state index is 12.0. The van der Waals surface area contributed by atoms with E-state index in [9.17, 15) is 9.59 Å². The molecule has 0 unspecified atom stereocenters. The molecular weight excluding hydrogens is 350 g/mol. The first-order chi connectivity index (χ1) is 12.7. The maximum Gasteiger partial charge on any atom is 0.295 e. The van der Waals surface area contributed by atoms with Crippen molar-refractivity contribution in [1.82, 2.24) is 20.3 Å². The lowest BCUT2D eigenvalue weighted by Crippen LogP contribution is -2.26. The molecule has 0 fully saturated rings. The van der Waals surface area contributed by atoms with Crippen LogP contribution in [0.15, 0.2) is 35.5 Å². The van der Waals surface area contributed by atoms with E-state index in [2.05, 4.69) is 31.7 Å². The van der Waals surface area contributed by atoms with Crippen molar-refractivity contribution >= 4 is 28.3 Å². The van der Waals surface area contributed by atoms with Crippen LogP contribution in [0.5, 0.6) is 0 Å². The van der Waals surface area contributed by atoms with Gasteiger partial charge in [0, 0.05) is 24.3 Å². The number of carbonyl (C=O) groups is 2. The number of allylic oxidation sites excluding steroid dienone is 1. The second-order valence-electron chi connectivity index (χ2n) is 6.06. The van der Waals surface area contributed by atoms with Crippen LogP contribution in [0.3, 0.4) is 0 Å². The van der Waals surface area contributed by atoms with E-state index in [0.717, 1.165) is 19.3 Å². The first-order valence-electron chi connectivity index (χ1n) is 8.68. The van der Waals surface area contributed by atoms with Gasteiger partial charge in [0.05, 0.1) is 12.1 Å². The first-order valence-corrected chi connectivity index (χ1v) is 9.56. The van der Waals surface area contributed by atoms with E-state index in [1.54, 1.807) is 11.4 Å². The minimum atomic E-state index is -0.420. The summed E-state index contributed by atoms with van der Waals surface area (Å²) in [6.07, 6.45) is 11.2. The number of aromatic nitrogens is 3. The van der Waals surface area contributed by atoms with Crippen molar-refractivity contribution < 1.29 is 9.59 Å². The molecule has 0 aromatic carbocycles. The van der Waals surface area contributed by atoms with Gasteiger partial charge in [-0.25, -0.2) is 15.0 Å². The van der Waals surface area contributed by atoms with Crippen LogP contribution in [-0.2, 0) is 11.2 Å². The van der Waals surface area contributed by atoms with Crippen molar-refractivity contribution in [2.24, 2.45) is 0 Å². The van der Waals surface area contributed by atoms with E-state index in [0.29, 0.717) is 17.4 Å². The fourth-order valence-electron chi connectivity index (χ4n) is 2.74. The highest BCUT2D eigenvalue weighted by molar-refractivity contribution is 7.14. The third-order valence-corrected chi connectivity index (χ3v) is 4.84. The molecule has 2 aromatic rings. The SMILES string of the molecule is O=C(Cc1csc(NC(=O)c2ncccn2)n1)NCCC1=CCCCC1. The fraction of sp³-hybridized carbons (Fsp3) is 0.389. The highest BCUT2D eigenvalue weighted by Crippen LogP contribution is 2.19. The topological polar surface area (TPSA) is 96.9 Å². The minimum absolute atomic E-state index is 0.0593. The Morgan fingerprint density at radius 2 is 2.04 bits per heavy atom. The number of amides is 2. The molecule has 0 bridgehead atoms. The summed E-state index contributed by atoms with van der Waals surface area (Å²) in [5, 5.41) is 7.77. The molecule has 7 nitrogen and oxygen atoms in total. The smallest absolute Gasteiger partial charge is 0.295 e. The molecule has 2 amide bonds. The molecule has 1 aliphatic carbocycles. The summed E-state index contributed by atoms with van der Waals surface area (Å²) < 4.78 is 0. The molecule has 0 radical (unpaired) electrons. The van der Waals surface area contributed by atoms with Crippen LogP contribution in [-0.4, -0.2) is 33.3 Å². The first kappa shape index (κ1) is 18.2. The number of nitrogens with one attached hydrogen (secondary N) is 2. The highest BCUT2D eigenvalue weighted by atomic mass is 32.1. The van der Waals surface area contributed by atoms with E-state index in [1.807, 2.05) is 0 Å². The minimum Gasteiger partial charge on any atom is -0.355 e. The van der Waals surface area contributed by atoms with Crippen LogP contribution in [0.25, 0.3) is 0 Å². The Morgan fingerprint density at radius 3 is 2.81 bits per heavy atom. The van der Waals surface area contributed by atoms with E-state index < -0.39 is 5.91 Å². The Morgan fingerprint density at radius 1 is 1.19 bits per heavy atom. The van der Waals surface area contributed by atoms with Gasteiger partial charge in [-0.1, -0.05) is 11.6 Å². The molecule has 2 N–H and O–H groups in total. The van der Waals surface area contributed by atoms with Gasteiger partial charge in [-0.2, -0.15) is 0 Å². The molecule has 0 aliphatic heterocycles. The Hall–Kier alpha value is -2.61. The van der Waals surface area contributed by atoms with Crippen molar-refractivity contribution in [1.29, 1.82) is 0 Å². The van der Waals surface area contributed by atoms with Gasteiger partial charge in [-0.3, -0.25) is 14.9 Å². The standard InChI is InChI=1S/C18H21N5O2S/c24-15(19-10-7-13-5-2-1-3-6-13)11-14-12-26-18(22-14)23-17(25)16-20-8-4-9-21-16/h4-5,8-9,12H,1-3,6-7,10-11H2,(H,19,24)(H,22,23,25). The van der Waals surface area contributed by atoms with E-state index in [-0.39, 0.29) is 18.2 Å². The molecule has 1 aliphatic rings. The summed E-state index contributed by atoms with van der Waals surface area (Å²) in [5.41, 5.74) is 2.08. The van der Waals surface area contributed by atoms with Gasteiger partial charge in [0.2, 0.25) is 11.7 Å². The molecule has 8 heteroatoms. The normalized spacial score (nSPS) is 13.8. The van der Waals surface area contributed by atoms with Crippen molar-refractivity contribution in [3.8, 4) is 0 Å². The average molecular weight is 371 g/mol.